The van der Waals surface area contributed by atoms with Crippen LogP contribution in [0.2, 0.25) is 5.02 Å². The van der Waals surface area contributed by atoms with Gasteiger partial charge in [0.05, 0.1) is 11.1 Å². The van der Waals surface area contributed by atoms with E-state index in [1.54, 1.807) is 0 Å². The van der Waals surface area contributed by atoms with Crippen molar-refractivity contribution < 1.29 is 18.3 Å². The van der Waals surface area contributed by atoms with Crippen LogP contribution in [-0.2, 0) is 11.2 Å². The number of carbonyl (C=O) groups is 1. The van der Waals surface area contributed by atoms with Crippen molar-refractivity contribution in [3.05, 3.63) is 53.1 Å². The van der Waals surface area contributed by atoms with E-state index >= 15 is 0 Å². The van der Waals surface area contributed by atoms with Crippen molar-refractivity contribution in [2.75, 3.05) is 6.61 Å². The lowest BCUT2D eigenvalue weighted by Crippen LogP contribution is -2.28. The van der Waals surface area contributed by atoms with Crippen LogP contribution < -0.4 is 10.1 Å². The topological polar surface area (TPSA) is 101 Å². The van der Waals surface area contributed by atoms with Crippen LogP contribution in [0, 0.1) is 23.1 Å². The van der Waals surface area contributed by atoms with Gasteiger partial charge in [0.1, 0.15) is 11.6 Å². The van der Waals surface area contributed by atoms with Crippen LogP contribution >= 0.6 is 11.6 Å². The number of hydrogen-bond acceptors (Lipinski definition) is 6. The minimum Gasteiger partial charge on any atom is -0.484 e. The fraction of sp³-hybridized carbons (Fsp3) is 0.368. The Hall–Kier alpha value is -2.92. The second kappa shape index (κ2) is 8.85. The number of allylic oxidation sites excluding steroid dienone is 1. The molecule has 0 saturated heterocycles. The number of amides is 1. The number of aryl methyl sites for hydroxylation is 1. The SMILES string of the molecule is C=C(CCc1nnc(C2CC(C#N)C2)o1)NC(=O)COc1ccc(Cl)c(F)c1. The normalized spacial score (nSPS) is 18.0. The highest BCUT2D eigenvalue weighted by atomic mass is 35.5. The number of nitrogens with one attached hydrogen (secondary N) is 1. The molecule has 1 aromatic carbocycles. The second-order valence-corrected chi connectivity index (χ2v) is 6.95. The van der Waals surface area contributed by atoms with Gasteiger partial charge in [0.15, 0.2) is 6.61 Å². The molecule has 0 aliphatic heterocycles. The highest BCUT2D eigenvalue weighted by molar-refractivity contribution is 6.30. The number of ether oxygens (including phenoxy) is 1. The number of nitrogens with zero attached hydrogens (tertiary/aromatic N) is 3. The Bertz CT molecular complexity index is 918. The molecule has 1 aliphatic carbocycles. The van der Waals surface area contributed by atoms with Crippen LogP contribution in [0.3, 0.4) is 0 Å². The zero-order chi connectivity index (χ0) is 20.1. The molecule has 28 heavy (non-hydrogen) atoms. The Morgan fingerprint density at radius 1 is 1.46 bits per heavy atom. The molecule has 0 unspecified atom stereocenters. The molecule has 9 heteroatoms. The first-order chi connectivity index (χ1) is 13.4. The first kappa shape index (κ1) is 19.8. The van der Waals surface area contributed by atoms with Crippen molar-refractivity contribution in [1.82, 2.24) is 15.5 Å². The van der Waals surface area contributed by atoms with Gasteiger partial charge in [-0.3, -0.25) is 4.79 Å². The number of rotatable bonds is 8. The summed E-state index contributed by atoms with van der Waals surface area (Å²) in [6.07, 6.45) is 2.36. The van der Waals surface area contributed by atoms with Gasteiger partial charge in [0, 0.05) is 30.0 Å². The van der Waals surface area contributed by atoms with Crippen LogP contribution in [0.25, 0.3) is 0 Å². The van der Waals surface area contributed by atoms with E-state index in [9.17, 15) is 9.18 Å². The maximum Gasteiger partial charge on any atom is 0.262 e. The third-order valence-electron chi connectivity index (χ3n) is 4.37. The number of benzene rings is 1. The van der Waals surface area contributed by atoms with Crippen molar-refractivity contribution >= 4 is 17.5 Å². The van der Waals surface area contributed by atoms with E-state index in [4.69, 9.17) is 26.0 Å². The lowest BCUT2D eigenvalue weighted by Gasteiger charge is -2.26. The van der Waals surface area contributed by atoms with Crippen LogP contribution in [0.15, 0.2) is 34.9 Å². The molecule has 0 bridgehead atoms. The number of nitriles is 1. The number of aromatic nitrogens is 2. The lowest BCUT2D eigenvalue weighted by atomic mass is 9.76. The van der Waals surface area contributed by atoms with Gasteiger partial charge in [-0.2, -0.15) is 5.26 Å². The third kappa shape index (κ3) is 5.08. The van der Waals surface area contributed by atoms with Crippen molar-refractivity contribution in [3.63, 3.8) is 0 Å². The van der Waals surface area contributed by atoms with Crippen LogP contribution in [0.5, 0.6) is 5.75 Å². The standard InChI is InChI=1S/C19H18ClFN4O3/c1-11(23-17(26)10-27-14-3-4-15(20)16(21)8-14)2-5-18-24-25-19(28-18)13-6-12(7-13)9-22/h3-4,8,12-13H,1-2,5-7,10H2,(H,23,26). The van der Waals surface area contributed by atoms with Crippen molar-refractivity contribution in [2.45, 2.75) is 31.6 Å². The van der Waals surface area contributed by atoms with Crippen LogP contribution in [-0.4, -0.2) is 22.7 Å². The van der Waals surface area contributed by atoms with Crippen LogP contribution in [0.4, 0.5) is 4.39 Å². The van der Waals surface area contributed by atoms with Gasteiger partial charge in [-0.15, -0.1) is 10.2 Å². The Morgan fingerprint density at radius 3 is 2.96 bits per heavy atom. The summed E-state index contributed by atoms with van der Waals surface area (Å²) < 4.78 is 24.2. The minimum atomic E-state index is -0.618. The minimum absolute atomic E-state index is 0.0171. The van der Waals surface area contributed by atoms with Gasteiger partial charge >= 0.3 is 0 Å². The van der Waals surface area contributed by atoms with Crippen molar-refractivity contribution in [1.29, 1.82) is 5.26 Å². The summed E-state index contributed by atoms with van der Waals surface area (Å²) in [5.74, 6) is 0.413. The Labute approximate surface area is 166 Å². The summed E-state index contributed by atoms with van der Waals surface area (Å²) in [4.78, 5) is 11.9. The maximum absolute atomic E-state index is 13.3. The molecule has 1 aromatic heterocycles. The summed E-state index contributed by atoms with van der Waals surface area (Å²) in [7, 11) is 0. The molecular weight excluding hydrogens is 387 g/mol. The molecule has 146 valence electrons. The molecule has 7 nitrogen and oxygen atoms in total. The Morgan fingerprint density at radius 2 is 2.25 bits per heavy atom. The van der Waals surface area contributed by atoms with E-state index in [1.165, 1.54) is 12.1 Å². The van der Waals surface area contributed by atoms with E-state index in [-0.39, 0.29) is 29.2 Å². The number of carbonyl (C=O) groups excluding carboxylic acids is 1. The van der Waals surface area contributed by atoms with Gasteiger partial charge in [-0.05, 0) is 31.4 Å². The van der Waals surface area contributed by atoms with Crippen molar-refractivity contribution in [2.24, 2.45) is 5.92 Å². The lowest BCUT2D eigenvalue weighted by molar-refractivity contribution is -0.122. The molecule has 1 heterocycles. The highest BCUT2D eigenvalue weighted by Crippen LogP contribution is 2.40. The summed E-state index contributed by atoms with van der Waals surface area (Å²) >= 11 is 5.59. The zero-order valence-electron chi connectivity index (χ0n) is 15.0. The third-order valence-corrected chi connectivity index (χ3v) is 4.68. The largest absolute Gasteiger partial charge is 0.484 e. The Balaban J connectivity index is 1.38. The van der Waals surface area contributed by atoms with E-state index in [1.807, 2.05) is 0 Å². The molecule has 1 saturated carbocycles. The average Bonchev–Trinajstić information content (AvgIpc) is 3.09. The molecule has 1 aliphatic rings. The monoisotopic (exact) mass is 404 g/mol. The molecule has 1 fully saturated rings. The molecule has 0 radical (unpaired) electrons. The van der Waals surface area contributed by atoms with Crippen molar-refractivity contribution in [3.8, 4) is 11.8 Å². The van der Waals surface area contributed by atoms with Gasteiger partial charge in [-0.25, -0.2) is 4.39 Å². The predicted molar refractivity (Wildman–Crippen MR) is 97.9 cm³/mol. The fourth-order valence-electron chi connectivity index (χ4n) is 2.73. The van der Waals surface area contributed by atoms with E-state index in [0.717, 1.165) is 18.9 Å². The van der Waals surface area contributed by atoms with Crippen LogP contribution in [0.1, 0.15) is 37.0 Å². The number of hydrogen-bond donors (Lipinski definition) is 1. The summed E-state index contributed by atoms with van der Waals surface area (Å²) in [6, 6.07) is 6.15. The van der Waals surface area contributed by atoms with Gasteiger partial charge in [-0.1, -0.05) is 18.2 Å². The predicted octanol–water partition coefficient (Wildman–Crippen LogP) is 3.52. The first-order valence-electron chi connectivity index (χ1n) is 8.72. The van der Waals surface area contributed by atoms with E-state index in [0.29, 0.717) is 30.3 Å². The molecule has 3 rings (SSSR count). The van der Waals surface area contributed by atoms with Gasteiger partial charge in [0.2, 0.25) is 11.8 Å². The number of halogens is 2. The molecule has 1 amide bonds. The first-order valence-corrected chi connectivity index (χ1v) is 9.09. The molecular formula is C19H18ClFN4O3. The van der Waals surface area contributed by atoms with E-state index < -0.39 is 11.7 Å². The summed E-state index contributed by atoms with van der Waals surface area (Å²) in [5, 5.41) is 19.4. The fourth-order valence-corrected chi connectivity index (χ4v) is 2.84. The zero-order valence-corrected chi connectivity index (χ0v) is 15.7. The molecule has 0 atom stereocenters. The van der Waals surface area contributed by atoms with Gasteiger partial charge < -0.3 is 14.5 Å². The van der Waals surface area contributed by atoms with E-state index in [2.05, 4.69) is 28.2 Å². The highest BCUT2D eigenvalue weighted by Gasteiger charge is 2.34. The smallest absolute Gasteiger partial charge is 0.262 e. The summed E-state index contributed by atoms with van der Waals surface area (Å²) in [5.41, 5.74) is 0.476. The Kier molecular flexibility index (Phi) is 6.26. The molecule has 2 aromatic rings. The summed E-state index contributed by atoms with van der Waals surface area (Å²) in [6.45, 7) is 3.50. The average molecular weight is 405 g/mol. The van der Waals surface area contributed by atoms with Gasteiger partial charge in [0.25, 0.3) is 5.91 Å². The molecule has 1 N–H and O–H groups in total. The molecule has 0 spiro atoms. The quantitative estimate of drug-likeness (QED) is 0.722. The maximum atomic E-state index is 13.3. The second-order valence-electron chi connectivity index (χ2n) is 6.54.